The number of halogens is 1. The van der Waals surface area contributed by atoms with Crippen molar-refractivity contribution in [3.05, 3.63) is 58.7 Å². The van der Waals surface area contributed by atoms with E-state index in [1.807, 2.05) is 42.5 Å². The maximum atomic E-state index is 12.2. The van der Waals surface area contributed by atoms with Crippen LogP contribution in [0.3, 0.4) is 0 Å². The van der Waals surface area contributed by atoms with E-state index in [4.69, 9.17) is 9.47 Å². The fraction of sp³-hybridized carbons (Fsp3) is 0.368. The van der Waals surface area contributed by atoms with Crippen LogP contribution in [0.25, 0.3) is 0 Å². The van der Waals surface area contributed by atoms with Gasteiger partial charge in [-0.25, -0.2) is 9.78 Å². The summed E-state index contributed by atoms with van der Waals surface area (Å²) >= 11 is 3.40. The molecule has 0 unspecified atom stereocenters. The van der Waals surface area contributed by atoms with Crippen molar-refractivity contribution in [2.24, 2.45) is 0 Å². The van der Waals surface area contributed by atoms with Crippen LogP contribution in [0.2, 0.25) is 0 Å². The number of aromatic nitrogens is 1. The third-order valence-corrected chi connectivity index (χ3v) is 4.68. The van der Waals surface area contributed by atoms with Crippen molar-refractivity contribution in [2.75, 3.05) is 39.3 Å². The van der Waals surface area contributed by atoms with E-state index in [9.17, 15) is 4.79 Å². The molecule has 1 amide bonds. The van der Waals surface area contributed by atoms with E-state index in [0.29, 0.717) is 32.2 Å². The molecule has 0 bridgehead atoms. The molecule has 1 aliphatic rings. The zero-order valence-corrected chi connectivity index (χ0v) is 16.1. The molecule has 1 fully saturated rings. The molecule has 1 saturated heterocycles. The van der Waals surface area contributed by atoms with Gasteiger partial charge < -0.3 is 14.4 Å². The minimum Gasteiger partial charge on any atom is -0.476 e. The summed E-state index contributed by atoms with van der Waals surface area (Å²) in [7, 11) is 0. The number of amides is 1. The number of hydrogen-bond acceptors (Lipinski definition) is 5. The number of nitrogens with zero attached hydrogens (tertiary/aromatic N) is 3. The summed E-state index contributed by atoms with van der Waals surface area (Å²) in [6.45, 7) is 4.66. The Bertz CT molecular complexity index is 706. The molecular formula is C19H22BrN3O3. The second kappa shape index (κ2) is 9.54. The Balaban J connectivity index is 1.34. The molecule has 1 aromatic carbocycles. The first kappa shape index (κ1) is 18.7. The van der Waals surface area contributed by atoms with E-state index in [1.54, 1.807) is 11.1 Å². The molecule has 3 rings (SSSR count). The maximum absolute atomic E-state index is 12.2. The highest BCUT2D eigenvalue weighted by Crippen LogP contribution is 2.14. The molecule has 0 N–H and O–H groups in total. The van der Waals surface area contributed by atoms with E-state index in [2.05, 4.69) is 25.8 Å². The molecule has 0 aliphatic carbocycles. The lowest BCUT2D eigenvalue weighted by atomic mass is 10.2. The zero-order chi connectivity index (χ0) is 18.2. The van der Waals surface area contributed by atoms with Crippen molar-refractivity contribution >= 4 is 22.0 Å². The first-order valence-corrected chi connectivity index (χ1v) is 9.42. The summed E-state index contributed by atoms with van der Waals surface area (Å²) in [6, 6.07) is 13.4. The lowest BCUT2D eigenvalue weighted by molar-refractivity contribution is 0.0682. The topological polar surface area (TPSA) is 54.9 Å². The summed E-state index contributed by atoms with van der Waals surface area (Å²) in [6.07, 6.45) is 1.46. The molecule has 2 aromatic rings. The Morgan fingerprint density at radius 1 is 1.12 bits per heavy atom. The highest BCUT2D eigenvalue weighted by atomic mass is 79.9. The molecule has 7 heteroatoms. The van der Waals surface area contributed by atoms with Gasteiger partial charge in [-0.15, -0.1) is 0 Å². The van der Waals surface area contributed by atoms with Crippen LogP contribution in [0.15, 0.2) is 53.1 Å². The smallest absolute Gasteiger partial charge is 0.410 e. The van der Waals surface area contributed by atoms with Crippen LogP contribution < -0.4 is 4.74 Å². The number of pyridine rings is 1. The molecule has 0 atom stereocenters. The van der Waals surface area contributed by atoms with Gasteiger partial charge in [-0.1, -0.05) is 46.3 Å². The van der Waals surface area contributed by atoms with Gasteiger partial charge in [-0.05, 0) is 11.6 Å². The predicted octanol–water partition coefficient (Wildman–Crippen LogP) is 3.18. The Kier molecular flexibility index (Phi) is 6.85. The zero-order valence-electron chi connectivity index (χ0n) is 14.5. The van der Waals surface area contributed by atoms with Crippen molar-refractivity contribution in [1.82, 2.24) is 14.8 Å². The van der Waals surface area contributed by atoms with Gasteiger partial charge in [-0.3, -0.25) is 4.90 Å². The minimum absolute atomic E-state index is 0.247. The Labute approximate surface area is 161 Å². The van der Waals surface area contributed by atoms with Gasteiger partial charge in [0.1, 0.15) is 13.2 Å². The Morgan fingerprint density at radius 2 is 1.88 bits per heavy atom. The Morgan fingerprint density at radius 3 is 2.62 bits per heavy atom. The van der Waals surface area contributed by atoms with Crippen molar-refractivity contribution in [1.29, 1.82) is 0 Å². The van der Waals surface area contributed by atoms with Gasteiger partial charge >= 0.3 is 6.09 Å². The molecule has 2 heterocycles. The lowest BCUT2D eigenvalue weighted by Crippen LogP contribution is -2.49. The number of piperazine rings is 1. The van der Waals surface area contributed by atoms with E-state index in [0.717, 1.165) is 29.7 Å². The van der Waals surface area contributed by atoms with E-state index < -0.39 is 0 Å². The summed E-state index contributed by atoms with van der Waals surface area (Å²) < 4.78 is 12.0. The lowest BCUT2D eigenvalue weighted by Gasteiger charge is -2.33. The molecule has 6 nitrogen and oxygen atoms in total. The van der Waals surface area contributed by atoms with Crippen LogP contribution in [0.1, 0.15) is 5.56 Å². The fourth-order valence-electron chi connectivity index (χ4n) is 2.71. The third-order valence-electron chi connectivity index (χ3n) is 4.19. The SMILES string of the molecule is O=C(OCc1ccccc1)N1CCN(CCOc2cc(Br)ccn2)CC1. The first-order chi connectivity index (χ1) is 12.7. The summed E-state index contributed by atoms with van der Waals surface area (Å²) in [5.41, 5.74) is 0.998. The van der Waals surface area contributed by atoms with Crippen molar-refractivity contribution in [3.8, 4) is 5.88 Å². The van der Waals surface area contributed by atoms with E-state index >= 15 is 0 Å². The van der Waals surface area contributed by atoms with E-state index in [1.165, 1.54) is 0 Å². The molecule has 0 radical (unpaired) electrons. The molecule has 1 aliphatic heterocycles. The van der Waals surface area contributed by atoms with Crippen LogP contribution in [0.4, 0.5) is 4.79 Å². The number of carbonyl (C=O) groups is 1. The fourth-order valence-corrected chi connectivity index (χ4v) is 3.02. The van der Waals surface area contributed by atoms with Crippen LogP contribution in [-0.4, -0.2) is 60.2 Å². The number of rotatable bonds is 6. The highest BCUT2D eigenvalue weighted by molar-refractivity contribution is 9.10. The number of benzene rings is 1. The molecule has 0 saturated carbocycles. The largest absolute Gasteiger partial charge is 0.476 e. The summed E-state index contributed by atoms with van der Waals surface area (Å²) in [5.74, 6) is 0.613. The molecule has 0 spiro atoms. The van der Waals surface area contributed by atoms with Crippen molar-refractivity contribution in [2.45, 2.75) is 6.61 Å². The van der Waals surface area contributed by atoms with Gasteiger partial charge in [-0.2, -0.15) is 0 Å². The first-order valence-electron chi connectivity index (χ1n) is 8.63. The van der Waals surface area contributed by atoms with Crippen molar-refractivity contribution in [3.63, 3.8) is 0 Å². The van der Waals surface area contributed by atoms with Gasteiger partial charge in [0.2, 0.25) is 5.88 Å². The minimum atomic E-state index is -0.247. The van der Waals surface area contributed by atoms with Crippen LogP contribution in [-0.2, 0) is 11.3 Å². The standard InChI is InChI=1S/C19H22BrN3O3/c20-17-6-7-21-18(14-17)25-13-12-22-8-10-23(11-9-22)19(24)26-15-16-4-2-1-3-5-16/h1-7,14H,8-13,15H2. The predicted molar refractivity (Wildman–Crippen MR) is 102 cm³/mol. The third kappa shape index (κ3) is 5.71. The van der Waals surface area contributed by atoms with E-state index in [-0.39, 0.29) is 6.09 Å². The van der Waals surface area contributed by atoms with Crippen LogP contribution in [0.5, 0.6) is 5.88 Å². The molecule has 1 aromatic heterocycles. The monoisotopic (exact) mass is 419 g/mol. The Hall–Kier alpha value is -2.12. The number of hydrogen-bond donors (Lipinski definition) is 0. The average Bonchev–Trinajstić information content (AvgIpc) is 2.67. The summed E-state index contributed by atoms with van der Waals surface area (Å²) in [4.78, 5) is 20.4. The van der Waals surface area contributed by atoms with Crippen molar-refractivity contribution < 1.29 is 14.3 Å². The van der Waals surface area contributed by atoms with Crippen LogP contribution in [0, 0.1) is 0 Å². The maximum Gasteiger partial charge on any atom is 0.410 e. The van der Waals surface area contributed by atoms with Crippen LogP contribution >= 0.6 is 15.9 Å². The second-order valence-corrected chi connectivity index (χ2v) is 6.95. The van der Waals surface area contributed by atoms with Gasteiger partial charge in [0, 0.05) is 49.5 Å². The van der Waals surface area contributed by atoms with Gasteiger partial charge in [0.15, 0.2) is 0 Å². The normalized spacial score (nSPS) is 14.9. The number of ether oxygens (including phenoxy) is 2. The average molecular weight is 420 g/mol. The second-order valence-electron chi connectivity index (χ2n) is 6.03. The number of carbonyl (C=O) groups excluding carboxylic acids is 1. The highest BCUT2D eigenvalue weighted by Gasteiger charge is 2.22. The quantitative estimate of drug-likeness (QED) is 0.719. The summed E-state index contributed by atoms with van der Waals surface area (Å²) in [5, 5.41) is 0. The molecule has 26 heavy (non-hydrogen) atoms. The van der Waals surface area contributed by atoms with Gasteiger partial charge in [0.05, 0.1) is 0 Å². The van der Waals surface area contributed by atoms with Gasteiger partial charge in [0.25, 0.3) is 0 Å². The molecule has 138 valence electrons. The molecular weight excluding hydrogens is 398 g/mol.